The summed E-state index contributed by atoms with van der Waals surface area (Å²) in [6, 6.07) is 4.41. The minimum absolute atomic E-state index is 0.0249. The second-order valence-corrected chi connectivity index (χ2v) is 7.97. The van der Waals surface area contributed by atoms with Crippen molar-refractivity contribution in [3.8, 4) is 0 Å². The summed E-state index contributed by atoms with van der Waals surface area (Å²) in [5.41, 5.74) is 1.00. The van der Waals surface area contributed by atoms with Crippen LogP contribution in [0.1, 0.15) is 54.3 Å². The van der Waals surface area contributed by atoms with E-state index in [0.717, 1.165) is 41.0 Å². The van der Waals surface area contributed by atoms with Gasteiger partial charge in [-0.3, -0.25) is 0 Å². The number of nitrogens with zero attached hydrogens (tertiary/aromatic N) is 2. The summed E-state index contributed by atoms with van der Waals surface area (Å²) in [6.45, 7) is 5.25. The van der Waals surface area contributed by atoms with Crippen molar-refractivity contribution in [3.63, 3.8) is 0 Å². The van der Waals surface area contributed by atoms with Gasteiger partial charge in [0.2, 0.25) is 0 Å². The Labute approximate surface area is 146 Å². The van der Waals surface area contributed by atoms with E-state index < -0.39 is 0 Å². The summed E-state index contributed by atoms with van der Waals surface area (Å²) in [7, 11) is 0. The highest BCUT2D eigenvalue weighted by Crippen LogP contribution is 2.47. The number of aromatic nitrogens is 1. The predicted molar refractivity (Wildman–Crippen MR) is 92.9 cm³/mol. The number of aryl methyl sites for hydroxylation is 1. The highest BCUT2D eigenvalue weighted by atomic mass is 32.1. The molecule has 0 saturated heterocycles. The van der Waals surface area contributed by atoms with E-state index in [0.29, 0.717) is 25.0 Å². The number of urea groups is 1. The highest BCUT2D eigenvalue weighted by molar-refractivity contribution is 7.09. The molecule has 2 aromatic rings. The molecular weight excluding hydrogens is 322 g/mol. The minimum Gasteiger partial charge on any atom is -0.464 e. The number of amides is 2. The Morgan fingerprint density at radius 2 is 2.25 bits per heavy atom. The number of rotatable bonds is 6. The van der Waals surface area contributed by atoms with Gasteiger partial charge < -0.3 is 14.6 Å². The van der Waals surface area contributed by atoms with Gasteiger partial charge in [-0.2, -0.15) is 0 Å². The zero-order valence-electron chi connectivity index (χ0n) is 14.1. The largest absolute Gasteiger partial charge is 0.464 e. The molecule has 2 aliphatic carbocycles. The van der Waals surface area contributed by atoms with Crippen molar-refractivity contribution < 1.29 is 9.21 Å². The first-order valence-corrected chi connectivity index (χ1v) is 9.52. The molecule has 0 unspecified atom stereocenters. The Kier molecular flexibility index (Phi) is 4.08. The Morgan fingerprint density at radius 1 is 1.46 bits per heavy atom. The first-order valence-electron chi connectivity index (χ1n) is 8.64. The molecule has 0 radical (unpaired) electrons. The number of carbonyl (C=O) groups excluding carboxylic acids is 1. The lowest BCUT2D eigenvalue weighted by Crippen LogP contribution is -2.40. The Balaban J connectivity index is 1.36. The van der Waals surface area contributed by atoms with E-state index in [2.05, 4.69) is 23.3 Å². The smallest absolute Gasteiger partial charge is 0.318 e. The number of nitrogens with one attached hydrogen (secondary N) is 1. The molecule has 2 aliphatic rings. The van der Waals surface area contributed by atoms with Crippen LogP contribution in [0.3, 0.4) is 0 Å². The van der Waals surface area contributed by atoms with Crippen molar-refractivity contribution in [3.05, 3.63) is 39.7 Å². The van der Waals surface area contributed by atoms with Crippen molar-refractivity contribution in [2.24, 2.45) is 5.92 Å². The van der Waals surface area contributed by atoms with Crippen molar-refractivity contribution in [1.29, 1.82) is 0 Å². The number of hydrogen-bond acceptors (Lipinski definition) is 4. The van der Waals surface area contributed by atoms with Crippen LogP contribution in [-0.2, 0) is 13.1 Å². The summed E-state index contributed by atoms with van der Waals surface area (Å²) in [5.74, 6) is 3.27. The van der Waals surface area contributed by atoms with Crippen molar-refractivity contribution in [1.82, 2.24) is 15.2 Å². The molecule has 5 nitrogen and oxygen atoms in total. The third kappa shape index (κ3) is 3.48. The van der Waals surface area contributed by atoms with Gasteiger partial charge in [-0.05, 0) is 44.2 Å². The third-order valence-electron chi connectivity index (χ3n) is 4.79. The van der Waals surface area contributed by atoms with Gasteiger partial charge in [0.05, 0.1) is 13.1 Å². The number of furan rings is 1. The minimum atomic E-state index is -0.0249. The van der Waals surface area contributed by atoms with E-state index in [4.69, 9.17) is 4.42 Å². The zero-order valence-corrected chi connectivity index (χ0v) is 14.9. The molecule has 2 heterocycles. The second kappa shape index (κ2) is 6.24. The lowest BCUT2D eigenvalue weighted by atomic mass is 10.3. The SMILES string of the molecule is Cc1csc(CNC(=O)N(Cc2ccc([C@H]3C[C@@H]3C)o2)C2CC2)n1. The molecule has 2 saturated carbocycles. The lowest BCUT2D eigenvalue weighted by molar-refractivity contribution is 0.186. The van der Waals surface area contributed by atoms with E-state index in [-0.39, 0.29) is 6.03 Å². The molecule has 4 rings (SSSR count). The van der Waals surface area contributed by atoms with E-state index >= 15 is 0 Å². The normalized spacial score (nSPS) is 22.4. The maximum Gasteiger partial charge on any atom is 0.318 e. The molecule has 0 aliphatic heterocycles. The van der Waals surface area contributed by atoms with Crippen LogP contribution in [0.2, 0.25) is 0 Å². The molecule has 1 N–H and O–H groups in total. The van der Waals surface area contributed by atoms with E-state index in [1.54, 1.807) is 11.3 Å². The highest BCUT2D eigenvalue weighted by Gasteiger charge is 2.37. The van der Waals surface area contributed by atoms with Crippen LogP contribution < -0.4 is 5.32 Å². The molecule has 0 bridgehead atoms. The summed E-state index contributed by atoms with van der Waals surface area (Å²) >= 11 is 1.58. The van der Waals surface area contributed by atoms with Gasteiger partial charge in [-0.1, -0.05) is 6.92 Å². The van der Waals surface area contributed by atoms with E-state index in [1.807, 2.05) is 23.3 Å². The predicted octanol–water partition coefficient (Wildman–Crippen LogP) is 4.04. The summed E-state index contributed by atoms with van der Waals surface area (Å²) < 4.78 is 5.97. The molecule has 2 atom stereocenters. The van der Waals surface area contributed by atoms with E-state index in [9.17, 15) is 4.79 Å². The van der Waals surface area contributed by atoms with E-state index in [1.165, 1.54) is 6.42 Å². The van der Waals surface area contributed by atoms with Crippen molar-refractivity contribution in [2.45, 2.75) is 58.2 Å². The molecule has 0 spiro atoms. The fraction of sp³-hybridized carbons (Fsp3) is 0.556. The second-order valence-electron chi connectivity index (χ2n) is 7.02. The Bertz CT molecular complexity index is 734. The number of carbonyl (C=O) groups is 1. The van der Waals surface area contributed by atoms with Crippen LogP contribution in [0.5, 0.6) is 0 Å². The maximum atomic E-state index is 12.6. The van der Waals surface area contributed by atoms with Crippen LogP contribution in [-0.4, -0.2) is 22.0 Å². The molecule has 2 amide bonds. The molecule has 2 aromatic heterocycles. The summed E-state index contributed by atoms with van der Waals surface area (Å²) in [6.07, 6.45) is 3.38. The third-order valence-corrected chi connectivity index (χ3v) is 5.76. The molecule has 24 heavy (non-hydrogen) atoms. The van der Waals surface area contributed by atoms with Crippen LogP contribution in [0.15, 0.2) is 21.9 Å². The first-order chi connectivity index (χ1) is 11.6. The topological polar surface area (TPSA) is 58.4 Å². The standard InChI is InChI=1S/C18H23N3O2S/c1-11-7-15(11)16-6-5-14(23-16)9-21(13-3-4-13)18(22)19-8-17-20-12(2)10-24-17/h5-6,10-11,13,15H,3-4,7-9H2,1-2H3,(H,19,22)/t11-,15-/m0/s1. The van der Waals surface area contributed by atoms with Crippen LogP contribution in [0.4, 0.5) is 4.79 Å². The molecular formula is C18H23N3O2S. The zero-order chi connectivity index (χ0) is 16.7. The van der Waals surface area contributed by atoms with Gasteiger partial charge in [0.1, 0.15) is 16.5 Å². The fourth-order valence-corrected chi connectivity index (χ4v) is 3.77. The van der Waals surface area contributed by atoms with Gasteiger partial charge in [0.15, 0.2) is 0 Å². The van der Waals surface area contributed by atoms with Gasteiger partial charge in [0.25, 0.3) is 0 Å². The number of hydrogen-bond donors (Lipinski definition) is 1. The average molecular weight is 345 g/mol. The van der Waals surface area contributed by atoms with Crippen molar-refractivity contribution >= 4 is 17.4 Å². The first kappa shape index (κ1) is 15.7. The van der Waals surface area contributed by atoms with Gasteiger partial charge >= 0.3 is 6.03 Å². The summed E-state index contributed by atoms with van der Waals surface area (Å²) in [4.78, 5) is 18.9. The Morgan fingerprint density at radius 3 is 2.88 bits per heavy atom. The molecule has 2 fully saturated rings. The van der Waals surface area contributed by atoms with Gasteiger partial charge in [0, 0.05) is 23.0 Å². The molecule has 6 heteroatoms. The molecule has 0 aromatic carbocycles. The van der Waals surface area contributed by atoms with Crippen LogP contribution >= 0.6 is 11.3 Å². The Hall–Kier alpha value is -1.82. The van der Waals surface area contributed by atoms with Crippen molar-refractivity contribution in [2.75, 3.05) is 0 Å². The lowest BCUT2D eigenvalue weighted by Gasteiger charge is -2.21. The quantitative estimate of drug-likeness (QED) is 0.859. The van der Waals surface area contributed by atoms with Gasteiger partial charge in [-0.25, -0.2) is 9.78 Å². The van der Waals surface area contributed by atoms with Crippen LogP contribution in [0.25, 0.3) is 0 Å². The van der Waals surface area contributed by atoms with Gasteiger partial charge in [-0.15, -0.1) is 11.3 Å². The van der Waals surface area contributed by atoms with Crippen LogP contribution in [0, 0.1) is 12.8 Å². The monoisotopic (exact) mass is 345 g/mol. The number of thiazole rings is 1. The fourth-order valence-electron chi connectivity index (χ4n) is 3.05. The summed E-state index contributed by atoms with van der Waals surface area (Å²) in [5, 5.41) is 5.94. The average Bonchev–Trinajstić information content (AvgIpc) is 3.44. The molecule has 128 valence electrons. The maximum absolute atomic E-state index is 12.6.